The number of amides is 1. The molecule has 3 rings (SSSR count). The molecule has 1 atom stereocenters. The molecule has 0 fully saturated rings. The van der Waals surface area contributed by atoms with E-state index in [9.17, 15) is 14.4 Å². The lowest BCUT2D eigenvalue weighted by atomic mass is 10.1. The quantitative estimate of drug-likeness (QED) is 0.498. The third kappa shape index (κ3) is 6.85. The molecule has 11 nitrogen and oxygen atoms in total. The van der Waals surface area contributed by atoms with Crippen LogP contribution in [0.15, 0.2) is 54.9 Å². The molecule has 0 aliphatic heterocycles. The van der Waals surface area contributed by atoms with Gasteiger partial charge in [-0.3, -0.25) is 14.6 Å². The molecule has 12 heteroatoms. The minimum Gasteiger partial charge on any atom is -0.481 e. The fraction of sp³-hybridized carbons (Fsp3) is 0.211. The highest BCUT2D eigenvalue weighted by molar-refractivity contribution is 5.90. The van der Waals surface area contributed by atoms with E-state index in [4.69, 9.17) is 9.84 Å². The minimum absolute atomic E-state index is 0. The number of nitrogens with zero attached hydrogens (tertiary/aromatic N) is 5. The highest BCUT2D eigenvalue weighted by Gasteiger charge is 2.26. The van der Waals surface area contributed by atoms with Crippen LogP contribution in [0.25, 0.3) is 11.4 Å². The number of halogens is 1. The van der Waals surface area contributed by atoms with E-state index in [1.165, 1.54) is 4.68 Å². The van der Waals surface area contributed by atoms with E-state index in [1.807, 2.05) is 6.07 Å². The summed E-state index contributed by atoms with van der Waals surface area (Å²) in [5.74, 6) is -1.52. The molecule has 162 valence electrons. The minimum atomic E-state index is -1.31. The number of tetrazole rings is 1. The average molecular weight is 447 g/mol. The molecule has 0 saturated carbocycles. The number of ether oxygens (including phenoxy) is 1. The molecule has 0 radical (unpaired) electrons. The molecule has 1 unspecified atom stereocenters. The van der Waals surface area contributed by atoms with Crippen LogP contribution in [-0.2, 0) is 27.5 Å². The zero-order valence-electron chi connectivity index (χ0n) is 16.1. The van der Waals surface area contributed by atoms with Crippen LogP contribution in [-0.4, -0.2) is 54.2 Å². The van der Waals surface area contributed by atoms with Crippen molar-refractivity contribution in [3.63, 3.8) is 0 Å². The number of pyridine rings is 1. The van der Waals surface area contributed by atoms with E-state index in [0.29, 0.717) is 11.4 Å². The molecular weight excluding hydrogens is 428 g/mol. The lowest BCUT2D eigenvalue weighted by molar-refractivity contribution is -0.139. The predicted octanol–water partition coefficient (Wildman–Crippen LogP) is 1.50. The molecule has 0 bridgehead atoms. The normalized spacial score (nSPS) is 11.1. The molecule has 0 saturated heterocycles. The first-order chi connectivity index (χ1) is 14.5. The van der Waals surface area contributed by atoms with Crippen molar-refractivity contribution in [1.29, 1.82) is 0 Å². The number of carbonyl (C=O) groups is 3. The van der Waals surface area contributed by atoms with Gasteiger partial charge in [0, 0.05) is 18.0 Å². The summed E-state index contributed by atoms with van der Waals surface area (Å²) in [6.07, 6.45) is 1.59. The second-order valence-electron chi connectivity index (χ2n) is 6.22. The Bertz CT molecular complexity index is 1010. The molecule has 0 spiro atoms. The first kappa shape index (κ1) is 23.4. The number of carboxylic acid groups (broad SMARTS) is 1. The van der Waals surface area contributed by atoms with E-state index in [0.717, 1.165) is 5.56 Å². The Balaban J connectivity index is 0.00000341. The fourth-order valence-corrected chi connectivity index (χ4v) is 2.60. The van der Waals surface area contributed by atoms with Gasteiger partial charge in [0.05, 0.1) is 6.42 Å². The Kier molecular flexibility index (Phi) is 8.58. The number of hydrogen-bond acceptors (Lipinski definition) is 8. The second-order valence-corrected chi connectivity index (χ2v) is 6.22. The number of rotatable bonds is 9. The van der Waals surface area contributed by atoms with Gasteiger partial charge in [0.1, 0.15) is 19.2 Å². The van der Waals surface area contributed by atoms with Gasteiger partial charge in [-0.1, -0.05) is 30.3 Å². The molecule has 2 N–H and O–H groups in total. The summed E-state index contributed by atoms with van der Waals surface area (Å²) in [5, 5.41) is 22.6. The van der Waals surface area contributed by atoms with E-state index < -0.39 is 30.3 Å². The SMILES string of the molecule is Cl.O=C(O)CC(NC(=O)OCc1ccccc1)C(=O)Cn1nnnc1-c1ccncc1. The summed E-state index contributed by atoms with van der Waals surface area (Å²) in [6, 6.07) is 11.0. The van der Waals surface area contributed by atoms with Gasteiger partial charge in [-0.15, -0.1) is 17.5 Å². The molecule has 31 heavy (non-hydrogen) atoms. The van der Waals surface area contributed by atoms with Crippen LogP contribution >= 0.6 is 12.4 Å². The van der Waals surface area contributed by atoms with Gasteiger partial charge in [-0.25, -0.2) is 9.48 Å². The first-order valence-corrected chi connectivity index (χ1v) is 8.91. The molecule has 0 aliphatic rings. The summed E-state index contributed by atoms with van der Waals surface area (Å²) >= 11 is 0. The topological polar surface area (TPSA) is 149 Å². The average Bonchev–Trinajstić information content (AvgIpc) is 3.21. The van der Waals surface area contributed by atoms with E-state index in [-0.39, 0.29) is 25.6 Å². The number of Topliss-reactive ketones (excluding diaryl/α,β-unsaturated/α-hetero) is 1. The number of aromatic nitrogens is 5. The molecule has 3 aromatic rings. The Labute approximate surface area is 182 Å². The van der Waals surface area contributed by atoms with Gasteiger partial charge < -0.3 is 15.2 Å². The standard InChI is InChI=1S/C19H18N6O5.ClH/c26-16(11-25-18(22-23-24-25)14-6-8-20-9-7-14)15(10-17(27)28)21-19(29)30-12-13-4-2-1-3-5-13;/h1-9,15H,10-12H2,(H,21,29)(H,27,28);1H. The maximum Gasteiger partial charge on any atom is 0.408 e. The smallest absolute Gasteiger partial charge is 0.408 e. The van der Waals surface area contributed by atoms with Crippen molar-refractivity contribution in [1.82, 2.24) is 30.5 Å². The number of carboxylic acids is 1. The molecular formula is C19H19ClN6O5. The van der Waals surface area contributed by atoms with Gasteiger partial charge in [-0.05, 0) is 28.1 Å². The van der Waals surface area contributed by atoms with Gasteiger partial charge in [0.15, 0.2) is 11.6 Å². The zero-order chi connectivity index (χ0) is 21.3. The van der Waals surface area contributed by atoms with Crippen molar-refractivity contribution in [3.8, 4) is 11.4 Å². The van der Waals surface area contributed by atoms with Crippen molar-refractivity contribution in [2.45, 2.75) is 25.6 Å². The number of hydrogen-bond donors (Lipinski definition) is 2. The van der Waals surface area contributed by atoms with Gasteiger partial charge in [0.2, 0.25) is 0 Å². The third-order valence-electron chi connectivity index (χ3n) is 4.05. The zero-order valence-corrected chi connectivity index (χ0v) is 16.9. The van der Waals surface area contributed by atoms with Crippen LogP contribution in [0, 0.1) is 0 Å². The Hall–Kier alpha value is -3.86. The number of carbonyl (C=O) groups excluding carboxylic acids is 2. The van der Waals surface area contributed by atoms with Crippen molar-refractivity contribution in [2.24, 2.45) is 0 Å². The van der Waals surface area contributed by atoms with Crippen LogP contribution in [0.4, 0.5) is 4.79 Å². The van der Waals surface area contributed by atoms with Crippen LogP contribution in [0.3, 0.4) is 0 Å². The number of alkyl carbamates (subject to hydrolysis) is 1. The first-order valence-electron chi connectivity index (χ1n) is 8.91. The van der Waals surface area contributed by atoms with Crippen LogP contribution in [0.1, 0.15) is 12.0 Å². The van der Waals surface area contributed by atoms with Crippen LogP contribution in [0.2, 0.25) is 0 Å². The van der Waals surface area contributed by atoms with E-state index in [2.05, 4.69) is 25.8 Å². The highest BCUT2D eigenvalue weighted by atomic mass is 35.5. The lowest BCUT2D eigenvalue weighted by Gasteiger charge is -2.16. The molecule has 1 amide bonds. The number of ketones is 1. The molecule has 2 heterocycles. The Morgan fingerprint density at radius 2 is 1.81 bits per heavy atom. The largest absolute Gasteiger partial charge is 0.481 e. The Morgan fingerprint density at radius 1 is 1.10 bits per heavy atom. The van der Waals surface area contributed by atoms with E-state index in [1.54, 1.807) is 48.8 Å². The van der Waals surface area contributed by atoms with Crippen molar-refractivity contribution in [3.05, 3.63) is 60.4 Å². The summed E-state index contributed by atoms with van der Waals surface area (Å²) < 4.78 is 6.29. The maximum atomic E-state index is 12.7. The Morgan fingerprint density at radius 3 is 2.48 bits per heavy atom. The van der Waals surface area contributed by atoms with Crippen LogP contribution < -0.4 is 5.32 Å². The van der Waals surface area contributed by atoms with Crippen molar-refractivity contribution < 1.29 is 24.2 Å². The molecule has 1 aromatic carbocycles. The summed E-state index contributed by atoms with van der Waals surface area (Å²) in [5.41, 5.74) is 1.39. The van der Waals surface area contributed by atoms with Crippen molar-refractivity contribution >= 4 is 30.3 Å². The van der Waals surface area contributed by atoms with Crippen LogP contribution in [0.5, 0.6) is 0 Å². The fourth-order valence-electron chi connectivity index (χ4n) is 2.60. The lowest BCUT2D eigenvalue weighted by Crippen LogP contribution is -2.44. The predicted molar refractivity (Wildman–Crippen MR) is 109 cm³/mol. The van der Waals surface area contributed by atoms with Gasteiger partial charge in [0.25, 0.3) is 0 Å². The van der Waals surface area contributed by atoms with E-state index >= 15 is 0 Å². The number of nitrogens with one attached hydrogen (secondary N) is 1. The van der Waals surface area contributed by atoms with Gasteiger partial charge in [-0.2, -0.15) is 0 Å². The summed E-state index contributed by atoms with van der Waals surface area (Å²) in [4.78, 5) is 39.8. The second kappa shape index (κ2) is 11.4. The highest BCUT2D eigenvalue weighted by Crippen LogP contribution is 2.14. The number of aliphatic carboxylic acids is 1. The maximum absolute atomic E-state index is 12.7. The monoisotopic (exact) mass is 446 g/mol. The third-order valence-corrected chi connectivity index (χ3v) is 4.05. The molecule has 0 aliphatic carbocycles. The van der Waals surface area contributed by atoms with Crippen molar-refractivity contribution in [2.75, 3.05) is 0 Å². The summed E-state index contributed by atoms with van der Waals surface area (Å²) in [6.45, 7) is -0.346. The summed E-state index contributed by atoms with van der Waals surface area (Å²) in [7, 11) is 0. The molecule has 2 aromatic heterocycles. The number of benzene rings is 1. The van der Waals surface area contributed by atoms with Gasteiger partial charge >= 0.3 is 12.1 Å².